The van der Waals surface area contributed by atoms with E-state index < -0.39 is 0 Å². The van der Waals surface area contributed by atoms with Gasteiger partial charge < -0.3 is 14.8 Å². The number of nitrogens with one attached hydrogen (secondary N) is 2. The number of aromatic nitrogens is 4. The molecule has 0 amide bonds. The van der Waals surface area contributed by atoms with Crippen LogP contribution in [0.5, 0.6) is 5.75 Å². The van der Waals surface area contributed by atoms with Crippen molar-refractivity contribution >= 4 is 16.5 Å². The first-order valence-electron chi connectivity index (χ1n) is 12.7. The van der Waals surface area contributed by atoms with Crippen LogP contribution in [0, 0.1) is 5.82 Å². The summed E-state index contributed by atoms with van der Waals surface area (Å²) in [5, 5.41) is 17.8. The van der Waals surface area contributed by atoms with E-state index in [1.165, 1.54) is 5.57 Å². The lowest BCUT2D eigenvalue weighted by molar-refractivity contribution is 0.0383. The molecule has 0 radical (unpaired) electrons. The van der Waals surface area contributed by atoms with Crippen LogP contribution < -0.4 is 0 Å². The zero-order valence-corrected chi connectivity index (χ0v) is 20.4. The fraction of sp³-hybridized carbons (Fsp3) is 0.357. The molecule has 3 N–H and O–H groups in total. The molecule has 7 nitrogen and oxygen atoms in total. The van der Waals surface area contributed by atoms with Crippen LogP contribution in [-0.2, 0) is 11.2 Å². The maximum Gasteiger partial charge on any atom is 0.159 e. The Kier molecular flexibility index (Phi) is 6.07. The van der Waals surface area contributed by atoms with Crippen LogP contribution in [0.15, 0.2) is 42.6 Å². The summed E-state index contributed by atoms with van der Waals surface area (Å²) in [6, 6.07) is 9.26. The van der Waals surface area contributed by atoms with E-state index in [0.29, 0.717) is 34.9 Å². The Balaban J connectivity index is 1.29. The summed E-state index contributed by atoms with van der Waals surface area (Å²) in [6.45, 7) is 5.63. The number of fused-ring (bicyclic) bond motifs is 1. The van der Waals surface area contributed by atoms with Crippen molar-refractivity contribution < 1.29 is 14.2 Å². The van der Waals surface area contributed by atoms with Gasteiger partial charge in [0.1, 0.15) is 17.0 Å². The van der Waals surface area contributed by atoms with Crippen molar-refractivity contribution in [3.63, 3.8) is 0 Å². The Morgan fingerprint density at radius 3 is 2.83 bits per heavy atom. The Labute approximate surface area is 209 Å². The first-order valence-corrected chi connectivity index (χ1v) is 12.7. The van der Waals surface area contributed by atoms with Gasteiger partial charge in [-0.3, -0.25) is 10.00 Å². The number of H-pyrrole nitrogens is 2. The van der Waals surface area contributed by atoms with E-state index >= 15 is 4.39 Å². The summed E-state index contributed by atoms with van der Waals surface area (Å²) < 4.78 is 21.2. The molecule has 0 bridgehead atoms. The maximum absolute atomic E-state index is 15.6. The summed E-state index contributed by atoms with van der Waals surface area (Å²) in [5.74, 6) is 0.434. The first-order chi connectivity index (χ1) is 17.6. The Bertz CT molecular complexity index is 1430. The van der Waals surface area contributed by atoms with E-state index in [9.17, 15) is 5.11 Å². The molecule has 0 unspecified atom stereocenters. The highest BCUT2D eigenvalue weighted by molar-refractivity contribution is 5.95. The van der Waals surface area contributed by atoms with Gasteiger partial charge >= 0.3 is 0 Å². The Morgan fingerprint density at radius 1 is 1.17 bits per heavy atom. The minimum absolute atomic E-state index is 0.178. The van der Waals surface area contributed by atoms with Crippen LogP contribution in [0.1, 0.15) is 37.4 Å². The number of hydrogen-bond donors (Lipinski definition) is 3. The molecule has 2 aromatic heterocycles. The van der Waals surface area contributed by atoms with Gasteiger partial charge in [0.15, 0.2) is 11.6 Å². The van der Waals surface area contributed by atoms with Crippen molar-refractivity contribution in [2.45, 2.75) is 38.6 Å². The van der Waals surface area contributed by atoms with Gasteiger partial charge in [0.05, 0.1) is 11.9 Å². The normalized spacial score (nSPS) is 17.6. The lowest BCUT2D eigenvalue weighted by Gasteiger charge is -2.36. The molecule has 1 fully saturated rings. The average molecular weight is 488 g/mol. The number of halogens is 1. The molecule has 4 aromatic rings. The van der Waals surface area contributed by atoms with Crippen LogP contribution in [0.4, 0.5) is 4.39 Å². The second-order valence-electron chi connectivity index (χ2n) is 9.59. The van der Waals surface area contributed by atoms with Crippen molar-refractivity contribution in [1.29, 1.82) is 0 Å². The predicted molar refractivity (Wildman–Crippen MR) is 138 cm³/mol. The van der Waals surface area contributed by atoms with Gasteiger partial charge in [-0.15, -0.1) is 0 Å². The molecule has 2 aromatic carbocycles. The molecule has 6 rings (SSSR count). The van der Waals surface area contributed by atoms with Gasteiger partial charge in [-0.2, -0.15) is 5.10 Å². The van der Waals surface area contributed by atoms with E-state index in [0.717, 1.165) is 62.4 Å². The molecule has 0 atom stereocenters. The van der Waals surface area contributed by atoms with E-state index in [2.05, 4.69) is 31.1 Å². The summed E-state index contributed by atoms with van der Waals surface area (Å²) in [4.78, 5) is 10.6. The van der Waals surface area contributed by atoms with E-state index in [1.54, 1.807) is 24.3 Å². The van der Waals surface area contributed by atoms with Crippen LogP contribution >= 0.6 is 0 Å². The van der Waals surface area contributed by atoms with Crippen molar-refractivity contribution in [1.82, 2.24) is 25.1 Å². The number of phenols is 1. The van der Waals surface area contributed by atoms with Crippen LogP contribution in [0.25, 0.3) is 39.1 Å². The van der Waals surface area contributed by atoms with Crippen molar-refractivity contribution in [3.05, 3.63) is 59.7 Å². The lowest BCUT2D eigenvalue weighted by Crippen LogP contribution is -2.42. The summed E-state index contributed by atoms with van der Waals surface area (Å²) in [6.07, 6.45) is 8.00. The molecule has 0 aliphatic carbocycles. The van der Waals surface area contributed by atoms with Gasteiger partial charge in [-0.25, -0.2) is 9.37 Å². The first kappa shape index (κ1) is 22.9. The van der Waals surface area contributed by atoms with Crippen molar-refractivity contribution in [2.24, 2.45) is 0 Å². The number of aryl methyl sites for hydroxylation is 1. The van der Waals surface area contributed by atoms with Gasteiger partial charge in [0, 0.05) is 43.3 Å². The summed E-state index contributed by atoms with van der Waals surface area (Å²) in [7, 11) is 0. The number of phenolic OH excluding ortho intramolecular Hbond substituents is 1. The molecule has 36 heavy (non-hydrogen) atoms. The minimum atomic E-state index is -0.385. The number of rotatable bonds is 5. The minimum Gasteiger partial charge on any atom is -0.508 e. The van der Waals surface area contributed by atoms with Gasteiger partial charge in [0.25, 0.3) is 0 Å². The third-order valence-electron chi connectivity index (χ3n) is 7.47. The Morgan fingerprint density at radius 2 is 2.00 bits per heavy atom. The number of hydrogen-bond acceptors (Lipinski definition) is 5. The van der Waals surface area contributed by atoms with E-state index in [4.69, 9.17) is 4.74 Å². The zero-order valence-electron chi connectivity index (χ0n) is 20.4. The fourth-order valence-corrected chi connectivity index (χ4v) is 5.51. The molecule has 186 valence electrons. The third kappa shape index (κ3) is 4.10. The quantitative estimate of drug-likeness (QED) is 0.356. The van der Waals surface area contributed by atoms with Crippen molar-refractivity contribution in [3.8, 4) is 28.4 Å². The molecule has 2 aliphatic heterocycles. The SMILES string of the molecule is CCc1cc(O)ccc1-c1ccc2c(-c3ncc(C4=CCCN(C5CCOCC5)C4)[nH]3)[nH]nc2c1F. The smallest absolute Gasteiger partial charge is 0.159 e. The molecule has 0 saturated carbocycles. The molecule has 0 spiro atoms. The largest absolute Gasteiger partial charge is 0.508 e. The second kappa shape index (κ2) is 9.52. The zero-order chi connectivity index (χ0) is 24.6. The van der Waals surface area contributed by atoms with E-state index in [1.807, 2.05) is 19.2 Å². The highest BCUT2D eigenvalue weighted by Crippen LogP contribution is 2.35. The summed E-state index contributed by atoms with van der Waals surface area (Å²) >= 11 is 0. The molecule has 1 saturated heterocycles. The van der Waals surface area contributed by atoms with Crippen LogP contribution in [0.2, 0.25) is 0 Å². The third-order valence-corrected chi connectivity index (χ3v) is 7.47. The summed E-state index contributed by atoms with van der Waals surface area (Å²) in [5.41, 5.74) is 5.28. The number of aromatic amines is 2. The monoisotopic (exact) mass is 487 g/mol. The van der Waals surface area contributed by atoms with Crippen LogP contribution in [-0.4, -0.2) is 62.5 Å². The molecular formula is C28H30FN5O2. The number of nitrogens with zero attached hydrogens (tertiary/aromatic N) is 3. The standard InChI is InChI=1S/C28H30FN5O2/c1-2-17-14-20(35)5-6-21(17)22-7-8-23-26(25(22)29)32-33-27(23)28-30-15-24(31-28)18-4-3-11-34(16-18)19-9-12-36-13-10-19/h4-8,14-15,19,35H,2-3,9-13,16H2,1H3,(H,30,31)(H,32,33). The highest BCUT2D eigenvalue weighted by Gasteiger charge is 2.25. The van der Waals surface area contributed by atoms with Crippen LogP contribution in [0.3, 0.4) is 0 Å². The average Bonchev–Trinajstić information content (AvgIpc) is 3.58. The number of imidazole rings is 1. The van der Waals surface area contributed by atoms with Gasteiger partial charge in [-0.1, -0.05) is 25.1 Å². The highest BCUT2D eigenvalue weighted by atomic mass is 19.1. The predicted octanol–water partition coefficient (Wildman–Crippen LogP) is 5.30. The number of benzene rings is 2. The number of ether oxygens (including phenoxy) is 1. The topological polar surface area (TPSA) is 90.1 Å². The second-order valence-corrected chi connectivity index (χ2v) is 9.59. The fourth-order valence-electron chi connectivity index (χ4n) is 5.51. The molecular weight excluding hydrogens is 457 g/mol. The van der Waals surface area contributed by atoms with Crippen molar-refractivity contribution in [2.75, 3.05) is 26.3 Å². The van der Waals surface area contributed by atoms with Gasteiger partial charge in [0.2, 0.25) is 0 Å². The van der Waals surface area contributed by atoms with Gasteiger partial charge in [-0.05, 0) is 60.6 Å². The molecule has 4 heterocycles. The number of aromatic hydroxyl groups is 1. The lowest BCUT2D eigenvalue weighted by atomic mass is 9.96. The maximum atomic E-state index is 15.6. The molecule has 8 heteroatoms. The van der Waals surface area contributed by atoms with E-state index in [-0.39, 0.29) is 17.1 Å². The Hall–Kier alpha value is -3.49. The molecule has 2 aliphatic rings.